The average molecular weight is 199 g/mol. The van der Waals surface area contributed by atoms with E-state index in [0.717, 1.165) is 0 Å². The lowest BCUT2D eigenvalue weighted by atomic mass is 10.7. The van der Waals surface area contributed by atoms with Crippen LogP contribution in [0.1, 0.15) is 0 Å². The minimum atomic E-state index is -0.887. The zero-order valence-corrected chi connectivity index (χ0v) is 6.81. The van der Waals surface area contributed by atoms with E-state index in [1.54, 1.807) is 0 Å². The molecule has 1 heterocycles. The zero-order chi connectivity index (χ0) is 10.4. The average Bonchev–Trinajstić information content (AvgIpc) is 2.52. The number of azide groups is 1. The van der Waals surface area contributed by atoms with Gasteiger partial charge in [0.15, 0.2) is 5.03 Å². The molecule has 0 saturated heterocycles. The first kappa shape index (κ1) is 9.67. The molecule has 1 aromatic heterocycles. The van der Waals surface area contributed by atoms with Gasteiger partial charge in [-0.1, -0.05) is 10.2 Å². The number of nitrogens with zero attached hydrogens (tertiary/aromatic N) is 8. The Morgan fingerprint density at radius 2 is 2.57 bits per heavy atom. The first-order chi connectivity index (χ1) is 6.74. The van der Waals surface area contributed by atoms with Crippen molar-refractivity contribution in [1.29, 1.82) is 0 Å². The van der Waals surface area contributed by atoms with Crippen molar-refractivity contribution in [3.63, 3.8) is 0 Å². The van der Waals surface area contributed by atoms with E-state index in [1.807, 2.05) is 0 Å². The fourth-order valence-corrected chi connectivity index (χ4v) is 0.706. The van der Waals surface area contributed by atoms with Crippen LogP contribution in [-0.2, 0) is 6.54 Å². The number of tetrazole rings is 1. The third kappa shape index (κ3) is 2.57. The van der Waals surface area contributed by atoms with E-state index < -0.39 is 5.03 Å². The van der Waals surface area contributed by atoms with E-state index in [0.29, 0.717) is 0 Å². The van der Waals surface area contributed by atoms with Crippen LogP contribution in [0.25, 0.3) is 10.4 Å². The summed E-state index contributed by atoms with van der Waals surface area (Å²) in [7, 11) is 0. The molecular weight excluding hydrogens is 194 g/mol. The molecule has 0 aliphatic carbocycles. The zero-order valence-electron chi connectivity index (χ0n) is 6.81. The van der Waals surface area contributed by atoms with Crippen molar-refractivity contribution in [3.8, 4) is 0 Å². The summed E-state index contributed by atoms with van der Waals surface area (Å²) in [6.07, 6.45) is 0. The Morgan fingerprint density at radius 3 is 3.21 bits per heavy atom. The summed E-state index contributed by atoms with van der Waals surface area (Å²) in [5.74, 6) is 0. The van der Waals surface area contributed by atoms with Crippen molar-refractivity contribution < 1.29 is 5.03 Å². The third-order valence-electron chi connectivity index (χ3n) is 1.20. The standard InChI is InChI=1S/C3H5N9O2/c4-8-5-1-2-11-3(6-9-10-11)7-12(13)14/h1-2H2,(H,6,7,10). The molecule has 0 unspecified atom stereocenters. The van der Waals surface area contributed by atoms with Gasteiger partial charge in [0.25, 0.3) is 0 Å². The molecule has 0 radical (unpaired) electrons. The molecular formula is C3H5N9O2. The summed E-state index contributed by atoms with van der Waals surface area (Å²) in [6.45, 7) is 0.328. The van der Waals surface area contributed by atoms with Gasteiger partial charge in [0.2, 0.25) is 0 Å². The monoisotopic (exact) mass is 199 g/mol. The number of aromatic nitrogens is 4. The van der Waals surface area contributed by atoms with Gasteiger partial charge in [-0.15, -0.1) is 0 Å². The number of aromatic amines is 1. The van der Waals surface area contributed by atoms with Gasteiger partial charge in [-0.25, -0.2) is 14.8 Å². The Hall–Kier alpha value is -2.42. The van der Waals surface area contributed by atoms with E-state index in [9.17, 15) is 10.1 Å². The van der Waals surface area contributed by atoms with E-state index in [-0.39, 0.29) is 18.7 Å². The number of rotatable bonds is 4. The lowest BCUT2D eigenvalue weighted by Crippen LogP contribution is -2.22. The molecule has 0 atom stereocenters. The van der Waals surface area contributed by atoms with Crippen LogP contribution in [-0.4, -0.2) is 31.8 Å². The van der Waals surface area contributed by atoms with E-state index in [4.69, 9.17) is 5.53 Å². The van der Waals surface area contributed by atoms with Gasteiger partial charge in [-0.3, -0.25) is 0 Å². The van der Waals surface area contributed by atoms with Gasteiger partial charge in [-0.05, 0) is 10.7 Å². The topological polar surface area (TPSA) is 151 Å². The molecule has 14 heavy (non-hydrogen) atoms. The lowest BCUT2D eigenvalue weighted by Gasteiger charge is -1.92. The molecule has 1 rings (SSSR count). The highest BCUT2D eigenvalue weighted by molar-refractivity contribution is 4.51. The second kappa shape index (κ2) is 4.57. The number of hydrogen-bond donors (Lipinski definition) is 1. The second-order valence-electron chi connectivity index (χ2n) is 2.04. The maximum absolute atomic E-state index is 10.0. The highest BCUT2D eigenvalue weighted by Crippen LogP contribution is 1.76. The van der Waals surface area contributed by atoms with Crippen LogP contribution >= 0.6 is 0 Å². The van der Waals surface area contributed by atoms with Gasteiger partial charge in [0, 0.05) is 11.5 Å². The Bertz CT molecular complexity index is 421. The minimum Gasteiger partial charge on any atom is -0.233 e. The van der Waals surface area contributed by atoms with Crippen LogP contribution in [0.4, 0.5) is 0 Å². The Labute approximate surface area is 75.8 Å². The largest absolute Gasteiger partial charge is 0.337 e. The van der Waals surface area contributed by atoms with Crippen LogP contribution in [0.5, 0.6) is 0 Å². The lowest BCUT2D eigenvalue weighted by molar-refractivity contribution is -0.491. The van der Waals surface area contributed by atoms with Crippen molar-refractivity contribution in [2.24, 2.45) is 10.2 Å². The fourth-order valence-electron chi connectivity index (χ4n) is 0.706. The van der Waals surface area contributed by atoms with Crippen molar-refractivity contribution in [2.45, 2.75) is 6.54 Å². The normalized spacial score (nSPS) is 11.0. The molecule has 0 aromatic carbocycles. The van der Waals surface area contributed by atoms with Crippen molar-refractivity contribution in [3.05, 3.63) is 26.2 Å². The van der Waals surface area contributed by atoms with E-state index >= 15 is 0 Å². The van der Waals surface area contributed by atoms with Gasteiger partial charge in [0.1, 0.15) is 5.10 Å². The summed E-state index contributed by atoms with van der Waals surface area (Å²) in [5, 5.41) is 24.3. The summed E-state index contributed by atoms with van der Waals surface area (Å²) in [4.78, 5) is 12.5. The van der Waals surface area contributed by atoms with Crippen LogP contribution in [0.15, 0.2) is 10.2 Å². The molecule has 11 heteroatoms. The SMILES string of the molecule is [N-]=[N+]=NCCn1[nH]nn/c1=N/[N+](=O)[O-]. The van der Waals surface area contributed by atoms with Crippen LogP contribution in [0.3, 0.4) is 0 Å². The van der Waals surface area contributed by atoms with E-state index in [1.165, 1.54) is 4.68 Å². The molecule has 0 fully saturated rings. The molecule has 0 aliphatic heterocycles. The predicted octanol–water partition coefficient (Wildman–Crippen LogP) is -0.991. The number of H-pyrrole nitrogens is 1. The number of hydrogen-bond acceptors (Lipinski definition) is 5. The van der Waals surface area contributed by atoms with Gasteiger partial charge >= 0.3 is 5.62 Å². The first-order valence-electron chi connectivity index (χ1n) is 3.42. The molecule has 0 saturated carbocycles. The highest BCUT2D eigenvalue weighted by atomic mass is 16.7. The maximum Gasteiger partial charge on any atom is 0.337 e. The quantitative estimate of drug-likeness (QED) is 0.217. The maximum atomic E-state index is 10.0. The molecule has 0 amide bonds. The predicted molar refractivity (Wildman–Crippen MR) is 40.9 cm³/mol. The van der Waals surface area contributed by atoms with Crippen LogP contribution < -0.4 is 5.62 Å². The Morgan fingerprint density at radius 1 is 1.79 bits per heavy atom. The summed E-state index contributed by atoms with van der Waals surface area (Å²) < 4.78 is 1.19. The Kier molecular flexibility index (Phi) is 3.15. The molecule has 1 aromatic rings. The molecule has 11 nitrogen and oxygen atoms in total. The van der Waals surface area contributed by atoms with Crippen molar-refractivity contribution in [2.75, 3.05) is 6.54 Å². The smallest absolute Gasteiger partial charge is 0.233 e. The second-order valence-corrected chi connectivity index (χ2v) is 2.04. The molecule has 0 spiro atoms. The van der Waals surface area contributed by atoms with Gasteiger partial charge in [0.05, 0.1) is 6.54 Å². The van der Waals surface area contributed by atoms with Crippen molar-refractivity contribution >= 4 is 0 Å². The summed E-state index contributed by atoms with van der Waals surface area (Å²) in [5.41, 5.74) is 7.81. The Balaban J connectivity index is 2.82. The number of nitrogens with one attached hydrogen (secondary N) is 1. The fraction of sp³-hybridized carbons (Fsp3) is 0.667. The van der Waals surface area contributed by atoms with Crippen molar-refractivity contribution in [1.82, 2.24) is 20.2 Å². The molecule has 74 valence electrons. The van der Waals surface area contributed by atoms with Gasteiger partial charge in [-0.2, -0.15) is 5.21 Å². The summed E-state index contributed by atoms with van der Waals surface area (Å²) >= 11 is 0. The third-order valence-corrected chi connectivity index (χ3v) is 1.20. The molecule has 0 bridgehead atoms. The molecule has 1 N–H and O–H groups in total. The highest BCUT2D eigenvalue weighted by Gasteiger charge is 2.00. The number of nitro groups is 1. The summed E-state index contributed by atoms with van der Waals surface area (Å²) in [6, 6.07) is 0. The first-order valence-corrected chi connectivity index (χ1v) is 3.42. The van der Waals surface area contributed by atoms with Gasteiger partial charge < -0.3 is 0 Å². The van der Waals surface area contributed by atoms with E-state index in [2.05, 4.69) is 30.7 Å². The minimum absolute atomic E-state index is 0.130. The van der Waals surface area contributed by atoms with Crippen LogP contribution in [0, 0.1) is 10.1 Å². The molecule has 0 aliphatic rings. The van der Waals surface area contributed by atoms with Crippen LogP contribution in [0.2, 0.25) is 0 Å².